The van der Waals surface area contributed by atoms with Crippen molar-refractivity contribution in [2.75, 3.05) is 0 Å². The van der Waals surface area contributed by atoms with Crippen molar-refractivity contribution in [1.29, 1.82) is 0 Å². The van der Waals surface area contributed by atoms with Crippen molar-refractivity contribution in [1.82, 2.24) is 4.98 Å². The number of nitrogens with two attached hydrogens (primary N) is 1. The third kappa shape index (κ3) is 3.11. The summed E-state index contributed by atoms with van der Waals surface area (Å²) in [5, 5.41) is 0. The molecule has 100 valence electrons. The first-order chi connectivity index (χ1) is 8.49. The van der Waals surface area contributed by atoms with Crippen molar-refractivity contribution < 1.29 is 0 Å². The lowest BCUT2D eigenvalue weighted by Gasteiger charge is -2.39. The molecule has 1 heterocycles. The van der Waals surface area contributed by atoms with E-state index in [1.807, 2.05) is 13.1 Å². The Kier molecular flexibility index (Phi) is 4.06. The minimum atomic E-state index is -0.140. The van der Waals surface area contributed by atoms with Gasteiger partial charge in [-0.05, 0) is 49.7 Å². The summed E-state index contributed by atoms with van der Waals surface area (Å²) in [6, 6.07) is 4.25. The second kappa shape index (κ2) is 5.40. The Labute approximate surface area is 111 Å². The minimum absolute atomic E-state index is 0.140. The molecule has 2 atom stereocenters. The molecule has 1 aromatic rings. The lowest BCUT2D eigenvalue weighted by Crippen LogP contribution is -2.41. The van der Waals surface area contributed by atoms with E-state index < -0.39 is 0 Å². The average Bonchev–Trinajstić information content (AvgIpc) is 2.28. The van der Waals surface area contributed by atoms with Crippen LogP contribution in [0.15, 0.2) is 18.3 Å². The average molecular weight is 246 g/mol. The van der Waals surface area contributed by atoms with Crippen molar-refractivity contribution in [2.45, 2.75) is 58.4 Å². The second-order valence-electron chi connectivity index (χ2n) is 6.44. The van der Waals surface area contributed by atoms with E-state index in [1.165, 1.54) is 24.8 Å². The molecular weight excluding hydrogens is 220 g/mol. The van der Waals surface area contributed by atoms with E-state index in [4.69, 9.17) is 5.73 Å². The molecule has 1 aromatic heterocycles. The Morgan fingerprint density at radius 3 is 2.83 bits per heavy atom. The van der Waals surface area contributed by atoms with Gasteiger partial charge in [0.1, 0.15) is 0 Å². The molecule has 2 heteroatoms. The van der Waals surface area contributed by atoms with Crippen molar-refractivity contribution in [3.05, 3.63) is 29.6 Å². The fourth-order valence-corrected chi connectivity index (χ4v) is 3.32. The lowest BCUT2D eigenvalue weighted by atomic mass is 9.71. The first-order valence-electron chi connectivity index (χ1n) is 7.21. The topological polar surface area (TPSA) is 38.9 Å². The van der Waals surface area contributed by atoms with Gasteiger partial charge in [-0.25, -0.2) is 0 Å². The van der Waals surface area contributed by atoms with Gasteiger partial charge < -0.3 is 5.73 Å². The van der Waals surface area contributed by atoms with Gasteiger partial charge in [0.15, 0.2) is 0 Å². The standard InChI is InChI=1S/C16H26N2/c1-12(2)9-14-5-4-8-16(17,10-14)15-7-6-13(3)18-11-15/h6-7,11-12,14H,4-5,8-10,17H2,1-3H3. The number of aryl methyl sites for hydroxylation is 1. The van der Waals surface area contributed by atoms with Gasteiger partial charge in [0.25, 0.3) is 0 Å². The number of hydrogen-bond acceptors (Lipinski definition) is 2. The maximum absolute atomic E-state index is 6.66. The van der Waals surface area contributed by atoms with E-state index in [2.05, 4.69) is 31.0 Å². The molecule has 1 aliphatic rings. The molecule has 2 rings (SSSR count). The van der Waals surface area contributed by atoms with E-state index in [0.29, 0.717) is 0 Å². The van der Waals surface area contributed by atoms with Gasteiger partial charge in [-0.1, -0.05) is 32.8 Å². The van der Waals surface area contributed by atoms with E-state index in [0.717, 1.165) is 30.4 Å². The molecule has 0 saturated heterocycles. The SMILES string of the molecule is Cc1ccc(C2(N)CCCC(CC(C)C)C2)cn1. The fraction of sp³-hybridized carbons (Fsp3) is 0.688. The molecule has 0 radical (unpaired) electrons. The first kappa shape index (κ1) is 13.5. The summed E-state index contributed by atoms with van der Waals surface area (Å²) >= 11 is 0. The maximum Gasteiger partial charge on any atom is 0.0427 e. The number of nitrogens with zero attached hydrogens (tertiary/aromatic N) is 1. The quantitative estimate of drug-likeness (QED) is 0.881. The van der Waals surface area contributed by atoms with Crippen LogP contribution in [-0.2, 0) is 5.54 Å². The Balaban J connectivity index is 2.12. The van der Waals surface area contributed by atoms with Gasteiger partial charge in [-0.3, -0.25) is 4.98 Å². The van der Waals surface area contributed by atoms with Crippen LogP contribution in [-0.4, -0.2) is 4.98 Å². The van der Waals surface area contributed by atoms with Crippen molar-refractivity contribution in [3.63, 3.8) is 0 Å². The van der Waals surface area contributed by atoms with Crippen LogP contribution in [0.1, 0.15) is 57.2 Å². The summed E-state index contributed by atoms with van der Waals surface area (Å²) in [7, 11) is 0. The lowest BCUT2D eigenvalue weighted by molar-refractivity contribution is 0.202. The predicted octanol–water partition coefficient (Wildman–Crippen LogP) is 3.78. The maximum atomic E-state index is 6.66. The summed E-state index contributed by atoms with van der Waals surface area (Å²) in [6.45, 7) is 6.63. The minimum Gasteiger partial charge on any atom is -0.321 e. The Bertz CT molecular complexity index is 383. The van der Waals surface area contributed by atoms with Gasteiger partial charge in [0.2, 0.25) is 0 Å². The number of pyridine rings is 1. The normalized spacial score (nSPS) is 28.6. The zero-order valence-electron chi connectivity index (χ0n) is 11.9. The highest BCUT2D eigenvalue weighted by atomic mass is 14.8. The molecule has 1 saturated carbocycles. The Morgan fingerprint density at radius 2 is 2.22 bits per heavy atom. The summed E-state index contributed by atoms with van der Waals surface area (Å²) in [6.07, 6.45) is 8.10. The molecule has 2 unspecified atom stereocenters. The Morgan fingerprint density at radius 1 is 1.44 bits per heavy atom. The molecule has 0 aliphatic heterocycles. The summed E-state index contributed by atoms with van der Waals surface area (Å²) in [4.78, 5) is 4.41. The van der Waals surface area contributed by atoms with E-state index in [1.54, 1.807) is 0 Å². The highest BCUT2D eigenvalue weighted by Gasteiger charge is 2.34. The van der Waals surface area contributed by atoms with Gasteiger partial charge in [-0.15, -0.1) is 0 Å². The monoisotopic (exact) mass is 246 g/mol. The molecule has 2 nitrogen and oxygen atoms in total. The summed E-state index contributed by atoms with van der Waals surface area (Å²) < 4.78 is 0. The smallest absolute Gasteiger partial charge is 0.0427 e. The molecule has 0 amide bonds. The van der Waals surface area contributed by atoms with Gasteiger partial charge in [0.05, 0.1) is 0 Å². The zero-order chi connectivity index (χ0) is 13.2. The van der Waals surface area contributed by atoms with E-state index in [-0.39, 0.29) is 5.54 Å². The van der Waals surface area contributed by atoms with Crippen LogP contribution < -0.4 is 5.73 Å². The predicted molar refractivity (Wildman–Crippen MR) is 76.3 cm³/mol. The van der Waals surface area contributed by atoms with Crippen LogP contribution in [0.25, 0.3) is 0 Å². The summed E-state index contributed by atoms with van der Waals surface area (Å²) in [5.74, 6) is 1.55. The fourth-order valence-electron chi connectivity index (χ4n) is 3.32. The van der Waals surface area contributed by atoms with Crippen LogP contribution in [0.5, 0.6) is 0 Å². The number of aromatic nitrogens is 1. The number of rotatable bonds is 3. The zero-order valence-corrected chi connectivity index (χ0v) is 11.9. The summed E-state index contributed by atoms with van der Waals surface area (Å²) in [5.41, 5.74) is 8.81. The van der Waals surface area contributed by atoms with Crippen molar-refractivity contribution >= 4 is 0 Å². The number of hydrogen-bond donors (Lipinski definition) is 1. The highest BCUT2D eigenvalue weighted by molar-refractivity contribution is 5.23. The van der Waals surface area contributed by atoms with Gasteiger partial charge >= 0.3 is 0 Å². The molecule has 0 spiro atoms. The van der Waals surface area contributed by atoms with Crippen LogP contribution in [0, 0.1) is 18.8 Å². The molecule has 0 aromatic carbocycles. The van der Waals surface area contributed by atoms with Crippen LogP contribution in [0.2, 0.25) is 0 Å². The Hall–Kier alpha value is -0.890. The van der Waals surface area contributed by atoms with Gasteiger partial charge in [0, 0.05) is 17.4 Å². The van der Waals surface area contributed by atoms with Crippen molar-refractivity contribution in [3.8, 4) is 0 Å². The van der Waals surface area contributed by atoms with E-state index in [9.17, 15) is 0 Å². The second-order valence-corrected chi connectivity index (χ2v) is 6.44. The molecule has 0 bridgehead atoms. The molecule has 1 aliphatic carbocycles. The molecule has 1 fully saturated rings. The van der Waals surface area contributed by atoms with Crippen molar-refractivity contribution in [2.24, 2.45) is 17.6 Å². The van der Waals surface area contributed by atoms with Crippen LogP contribution >= 0.6 is 0 Å². The third-order valence-electron chi connectivity index (χ3n) is 4.18. The molecule has 2 N–H and O–H groups in total. The van der Waals surface area contributed by atoms with E-state index >= 15 is 0 Å². The largest absolute Gasteiger partial charge is 0.321 e. The molecule has 18 heavy (non-hydrogen) atoms. The molecular formula is C16H26N2. The van der Waals surface area contributed by atoms with Crippen LogP contribution in [0.4, 0.5) is 0 Å². The van der Waals surface area contributed by atoms with Gasteiger partial charge in [-0.2, -0.15) is 0 Å². The highest BCUT2D eigenvalue weighted by Crippen LogP contribution is 2.40. The third-order valence-corrected chi connectivity index (χ3v) is 4.18. The first-order valence-corrected chi connectivity index (χ1v) is 7.21. The van der Waals surface area contributed by atoms with Crippen LogP contribution in [0.3, 0.4) is 0 Å².